The number of carbonyl (C=O) groups excluding carboxylic acids is 1. The first-order chi connectivity index (χ1) is 16.0. The van der Waals surface area contributed by atoms with E-state index in [1.165, 1.54) is 24.3 Å². The van der Waals surface area contributed by atoms with Gasteiger partial charge in [0.1, 0.15) is 29.9 Å². The van der Waals surface area contributed by atoms with Crippen LogP contribution in [-0.2, 0) is 18.3 Å². The molecule has 3 N–H and O–H groups in total. The van der Waals surface area contributed by atoms with Crippen LogP contribution >= 0.6 is 0 Å². The Bertz CT molecular complexity index is 1120. The summed E-state index contributed by atoms with van der Waals surface area (Å²) < 4.78 is 68.2. The molecule has 0 saturated carbocycles. The fraction of sp³-hybridized carbons (Fsp3) is 0.318. The molecular formula is C22H22F5N5O2. The molecule has 0 aliphatic heterocycles. The number of hydrogen-bond acceptors (Lipinski definition) is 5. The maximum Gasteiger partial charge on any atom is 0.416 e. The molecule has 0 spiro atoms. The van der Waals surface area contributed by atoms with Crippen molar-refractivity contribution < 1.29 is 31.9 Å². The van der Waals surface area contributed by atoms with Crippen molar-refractivity contribution in [3.8, 4) is 0 Å². The summed E-state index contributed by atoms with van der Waals surface area (Å²) in [5, 5.41) is 15.6. The van der Waals surface area contributed by atoms with E-state index in [9.17, 15) is 31.9 Å². The molecule has 2 aromatic carbocycles. The third-order valence-electron chi connectivity index (χ3n) is 5.52. The third kappa shape index (κ3) is 5.23. The number of nitrogens with two attached hydrogens (primary N) is 1. The first-order valence-electron chi connectivity index (χ1n) is 10.2. The molecule has 0 radical (unpaired) electrons. The van der Waals surface area contributed by atoms with Crippen molar-refractivity contribution in [2.75, 3.05) is 13.1 Å². The Balaban J connectivity index is 2.03. The van der Waals surface area contributed by atoms with Gasteiger partial charge in [0, 0.05) is 30.3 Å². The van der Waals surface area contributed by atoms with Crippen molar-refractivity contribution in [3.63, 3.8) is 0 Å². The van der Waals surface area contributed by atoms with Crippen LogP contribution in [-0.4, -0.2) is 49.8 Å². The van der Waals surface area contributed by atoms with Gasteiger partial charge < -0.3 is 15.7 Å². The number of alkyl halides is 3. The number of nitrogens with zero attached hydrogens (tertiary/aromatic N) is 4. The van der Waals surface area contributed by atoms with E-state index < -0.39 is 40.9 Å². The standard InChI is InChI=1S/C22H22F5N5O2/c1-14(32(9-8-28)20(33)15-2-4-16(5-3-15)22(25,26)27)21(34,11-31-13-29-12-30-31)18-7-6-17(23)10-19(18)24/h2-7,10,12-14,34H,8-9,11,28H2,1H3. The molecule has 1 amide bonds. The second-order valence-electron chi connectivity index (χ2n) is 7.68. The van der Waals surface area contributed by atoms with E-state index in [4.69, 9.17) is 5.73 Å². The average Bonchev–Trinajstić information content (AvgIpc) is 3.28. The number of amides is 1. The zero-order chi connectivity index (χ0) is 25.1. The minimum Gasteiger partial charge on any atom is -0.381 e. The summed E-state index contributed by atoms with van der Waals surface area (Å²) in [6.45, 7) is 0.904. The summed E-state index contributed by atoms with van der Waals surface area (Å²) in [5.41, 5.74) is 2.19. The van der Waals surface area contributed by atoms with Crippen molar-refractivity contribution in [3.05, 3.63) is 83.4 Å². The van der Waals surface area contributed by atoms with Crippen molar-refractivity contribution in [1.82, 2.24) is 19.7 Å². The molecule has 0 fully saturated rings. The zero-order valence-electron chi connectivity index (χ0n) is 18.0. The Morgan fingerprint density at radius 2 is 1.85 bits per heavy atom. The van der Waals surface area contributed by atoms with Gasteiger partial charge in [0.25, 0.3) is 5.91 Å². The summed E-state index contributed by atoms with van der Waals surface area (Å²) in [7, 11) is 0. The van der Waals surface area contributed by atoms with Gasteiger partial charge in [0.05, 0.1) is 18.2 Å². The summed E-state index contributed by atoms with van der Waals surface area (Å²) in [4.78, 5) is 18.2. The van der Waals surface area contributed by atoms with Gasteiger partial charge in [-0.15, -0.1) is 0 Å². The van der Waals surface area contributed by atoms with Crippen LogP contribution in [0.1, 0.15) is 28.4 Å². The Morgan fingerprint density at radius 1 is 1.18 bits per heavy atom. The Hall–Kier alpha value is -3.38. The van der Waals surface area contributed by atoms with Gasteiger partial charge in [-0.05, 0) is 37.3 Å². The Labute approximate surface area is 191 Å². The molecule has 7 nitrogen and oxygen atoms in total. The van der Waals surface area contributed by atoms with Crippen LogP contribution in [0.25, 0.3) is 0 Å². The number of carbonyl (C=O) groups is 1. The summed E-state index contributed by atoms with van der Waals surface area (Å²) in [6, 6.07) is 4.99. The summed E-state index contributed by atoms with van der Waals surface area (Å²) in [5.74, 6) is -2.65. The summed E-state index contributed by atoms with van der Waals surface area (Å²) >= 11 is 0. The lowest BCUT2D eigenvalue weighted by Gasteiger charge is -2.41. The zero-order valence-corrected chi connectivity index (χ0v) is 18.0. The molecule has 1 aromatic heterocycles. The molecule has 0 bridgehead atoms. The van der Waals surface area contributed by atoms with Crippen LogP contribution in [0.2, 0.25) is 0 Å². The lowest BCUT2D eigenvalue weighted by Crippen LogP contribution is -2.55. The SMILES string of the molecule is CC(N(CCN)C(=O)c1ccc(C(F)(F)F)cc1)C(O)(Cn1cncn1)c1ccc(F)cc1F. The van der Waals surface area contributed by atoms with E-state index in [-0.39, 0.29) is 30.8 Å². The minimum absolute atomic E-state index is 0.0536. The van der Waals surface area contributed by atoms with Crippen LogP contribution in [0.5, 0.6) is 0 Å². The van der Waals surface area contributed by atoms with Gasteiger partial charge in [0.15, 0.2) is 0 Å². The smallest absolute Gasteiger partial charge is 0.381 e. The van der Waals surface area contributed by atoms with E-state index in [0.29, 0.717) is 6.07 Å². The van der Waals surface area contributed by atoms with E-state index in [2.05, 4.69) is 10.1 Å². The molecule has 34 heavy (non-hydrogen) atoms. The van der Waals surface area contributed by atoms with Crippen LogP contribution in [0.3, 0.4) is 0 Å². The van der Waals surface area contributed by atoms with Gasteiger partial charge >= 0.3 is 6.18 Å². The number of aromatic nitrogens is 3. The monoisotopic (exact) mass is 483 g/mol. The highest BCUT2D eigenvalue weighted by atomic mass is 19.4. The van der Waals surface area contributed by atoms with Crippen molar-refractivity contribution in [2.24, 2.45) is 5.73 Å². The highest BCUT2D eigenvalue weighted by Gasteiger charge is 2.43. The Kier molecular flexibility index (Phi) is 7.32. The molecule has 2 unspecified atom stereocenters. The van der Waals surface area contributed by atoms with Crippen molar-refractivity contribution in [1.29, 1.82) is 0 Å². The average molecular weight is 483 g/mol. The lowest BCUT2D eigenvalue weighted by molar-refractivity contribution is -0.137. The van der Waals surface area contributed by atoms with Crippen molar-refractivity contribution in [2.45, 2.75) is 31.3 Å². The minimum atomic E-state index is -4.58. The van der Waals surface area contributed by atoms with Gasteiger partial charge in [-0.3, -0.25) is 4.79 Å². The molecular weight excluding hydrogens is 461 g/mol. The van der Waals surface area contributed by atoms with E-state index in [0.717, 1.165) is 41.3 Å². The highest BCUT2D eigenvalue weighted by molar-refractivity contribution is 5.94. The second-order valence-corrected chi connectivity index (χ2v) is 7.68. The predicted molar refractivity (Wildman–Crippen MR) is 111 cm³/mol. The number of benzene rings is 2. The molecule has 3 rings (SSSR count). The molecule has 1 heterocycles. The molecule has 0 saturated heterocycles. The van der Waals surface area contributed by atoms with Gasteiger partial charge in [-0.2, -0.15) is 18.3 Å². The maximum absolute atomic E-state index is 14.8. The number of aliphatic hydroxyl groups is 1. The predicted octanol–water partition coefficient (Wildman–Crippen LogP) is 2.95. The lowest BCUT2D eigenvalue weighted by atomic mass is 9.85. The first kappa shape index (κ1) is 25.2. The topological polar surface area (TPSA) is 97.3 Å². The second kappa shape index (κ2) is 9.85. The molecule has 2 atom stereocenters. The molecule has 0 aliphatic rings. The third-order valence-corrected chi connectivity index (χ3v) is 5.52. The van der Waals surface area contributed by atoms with E-state index >= 15 is 0 Å². The molecule has 0 aliphatic carbocycles. The van der Waals surface area contributed by atoms with E-state index in [1.54, 1.807) is 0 Å². The van der Waals surface area contributed by atoms with Crippen LogP contribution in [0.15, 0.2) is 55.1 Å². The maximum atomic E-state index is 14.8. The number of halogens is 5. The molecule has 182 valence electrons. The fourth-order valence-corrected chi connectivity index (χ4v) is 3.68. The Morgan fingerprint density at radius 3 is 2.38 bits per heavy atom. The van der Waals surface area contributed by atoms with Crippen LogP contribution in [0.4, 0.5) is 22.0 Å². The van der Waals surface area contributed by atoms with Gasteiger partial charge in [-0.1, -0.05) is 6.07 Å². The summed E-state index contributed by atoms with van der Waals surface area (Å²) in [6.07, 6.45) is -2.12. The van der Waals surface area contributed by atoms with Gasteiger partial charge in [-0.25, -0.2) is 18.4 Å². The normalized spacial score (nSPS) is 14.5. The highest BCUT2D eigenvalue weighted by Crippen LogP contribution is 2.34. The van der Waals surface area contributed by atoms with Gasteiger partial charge in [0.2, 0.25) is 0 Å². The number of rotatable bonds is 8. The van der Waals surface area contributed by atoms with Crippen molar-refractivity contribution >= 4 is 5.91 Å². The number of hydrogen-bond donors (Lipinski definition) is 2. The molecule has 3 aromatic rings. The molecule has 12 heteroatoms. The van der Waals surface area contributed by atoms with Crippen LogP contribution < -0.4 is 5.73 Å². The van der Waals surface area contributed by atoms with E-state index in [1.807, 2.05) is 0 Å². The van der Waals surface area contributed by atoms with Crippen LogP contribution in [0, 0.1) is 11.6 Å². The quantitative estimate of drug-likeness (QED) is 0.481. The fourth-order valence-electron chi connectivity index (χ4n) is 3.68. The largest absolute Gasteiger partial charge is 0.416 e. The first-order valence-corrected chi connectivity index (χ1v) is 10.2.